The van der Waals surface area contributed by atoms with E-state index in [1.165, 1.54) is 25.7 Å². The predicted molar refractivity (Wildman–Crippen MR) is 96.0 cm³/mol. The zero-order valence-corrected chi connectivity index (χ0v) is 16.4. The van der Waals surface area contributed by atoms with Crippen molar-refractivity contribution in [3.8, 4) is 0 Å². The van der Waals surface area contributed by atoms with E-state index >= 15 is 0 Å². The summed E-state index contributed by atoms with van der Waals surface area (Å²) in [4.78, 5) is 1.15. The van der Waals surface area contributed by atoms with Gasteiger partial charge < -0.3 is 13.3 Å². The van der Waals surface area contributed by atoms with E-state index in [9.17, 15) is 0 Å². The van der Waals surface area contributed by atoms with Crippen molar-refractivity contribution < 1.29 is 13.3 Å². The number of unbranched alkanes of at least 4 members (excludes halogenated alkanes) is 1. The fourth-order valence-electron chi connectivity index (χ4n) is 2.63. The van der Waals surface area contributed by atoms with Gasteiger partial charge in [0, 0.05) is 25.9 Å². The third kappa shape index (κ3) is 9.03. The number of thiocarbonyl (C=S) groups is 1. The van der Waals surface area contributed by atoms with Crippen LogP contribution < -0.4 is 0 Å². The van der Waals surface area contributed by atoms with Crippen molar-refractivity contribution in [1.29, 1.82) is 0 Å². The van der Waals surface area contributed by atoms with Crippen molar-refractivity contribution >= 4 is 25.9 Å². The van der Waals surface area contributed by atoms with Crippen molar-refractivity contribution in [3.05, 3.63) is 0 Å². The fourth-order valence-corrected chi connectivity index (χ4v) is 5.55. The van der Waals surface area contributed by atoms with Gasteiger partial charge in [-0.3, -0.25) is 0 Å². The molecule has 0 heterocycles. The Kier molecular flexibility index (Phi) is 12.8. The number of hydrogen-bond acceptors (Lipinski definition) is 4. The van der Waals surface area contributed by atoms with Gasteiger partial charge in [-0.25, -0.2) is 0 Å². The Bertz CT molecular complexity index is 257. The van der Waals surface area contributed by atoms with Crippen LogP contribution in [-0.4, -0.2) is 33.5 Å². The molecule has 0 rings (SSSR count). The van der Waals surface area contributed by atoms with E-state index in [0.29, 0.717) is 25.7 Å². The van der Waals surface area contributed by atoms with Crippen LogP contribution in [0.1, 0.15) is 66.7 Å². The molecule has 0 fully saturated rings. The van der Waals surface area contributed by atoms with Gasteiger partial charge in [0.15, 0.2) is 0 Å². The van der Waals surface area contributed by atoms with Crippen molar-refractivity contribution in [3.63, 3.8) is 0 Å². The summed E-state index contributed by atoms with van der Waals surface area (Å²) in [5, 5.41) is 0. The van der Waals surface area contributed by atoms with Gasteiger partial charge in [0.05, 0.1) is 0 Å². The largest absolute Gasteiger partial charge is 0.500 e. The van der Waals surface area contributed by atoms with Crippen LogP contribution >= 0.6 is 12.2 Å². The van der Waals surface area contributed by atoms with Gasteiger partial charge in [-0.15, -0.1) is 0 Å². The zero-order valence-electron chi connectivity index (χ0n) is 14.6. The first-order valence-electron chi connectivity index (χ1n) is 8.47. The summed E-state index contributed by atoms with van der Waals surface area (Å²) in [6, 6.07) is 0.915. The van der Waals surface area contributed by atoms with Crippen LogP contribution in [0.3, 0.4) is 0 Å². The molecule has 3 nitrogen and oxygen atoms in total. The molecule has 0 aliphatic rings. The minimum absolute atomic E-state index is 0.590. The molecule has 0 bridgehead atoms. The van der Waals surface area contributed by atoms with Gasteiger partial charge in [-0.05, 0) is 57.7 Å². The molecule has 1 atom stereocenters. The average molecular weight is 335 g/mol. The van der Waals surface area contributed by atoms with Gasteiger partial charge in [-0.2, -0.15) is 0 Å². The molecular weight excluding hydrogens is 300 g/mol. The molecule has 0 spiro atoms. The molecule has 0 aliphatic carbocycles. The molecule has 0 aromatic carbocycles. The van der Waals surface area contributed by atoms with E-state index in [4.69, 9.17) is 25.5 Å². The van der Waals surface area contributed by atoms with Crippen molar-refractivity contribution in [2.75, 3.05) is 19.8 Å². The Morgan fingerprint density at radius 2 is 1.43 bits per heavy atom. The minimum Gasteiger partial charge on any atom is -0.374 e. The van der Waals surface area contributed by atoms with Crippen LogP contribution in [-0.2, 0) is 13.3 Å². The van der Waals surface area contributed by atoms with Gasteiger partial charge in [0.25, 0.3) is 0 Å². The highest BCUT2D eigenvalue weighted by Gasteiger charge is 2.39. The van der Waals surface area contributed by atoms with E-state index in [2.05, 4.69) is 13.8 Å². The molecule has 21 heavy (non-hydrogen) atoms. The second kappa shape index (κ2) is 12.7. The maximum absolute atomic E-state index is 5.88. The first-order valence-corrected chi connectivity index (χ1v) is 10.8. The smallest absolute Gasteiger partial charge is 0.374 e. The fraction of sp³-hybridized carbons (Fsp3) is 0.938. The highest BCUT2D eigenvalue weighted by atomic mass is 32.1. The van der Waals surface area contributed by atoms with E-state index in [0.717, 1.165) is 17.3 Å². The molecule has 0 N–H and O–H groups in total. The molecule has 126 valence electrons. The molecule has 0 radical (unpaired) electrons. The molecule has 0 saturated carbocycles. The molecule has 1 unspecified atom stereocenters. The molecule has 0 aliphatic heterocycles. The SMILES string of the molecule is CCCC(CCCC[Si](OCC)(OCC)OCC)C(C)=S. The summed E-state index contributed by atoms with van der Waals surface area (Å²) in [6.07, 6.45) is 5.85. The van der Waals surface area contributed by atoms with Crippen LogP contribution in [0.5, 0.6) is 0 Å². The summed E-state index contributed by atoms with van der Waals surface area (Å²) in [6.45, 7) is 12.3. The van der Waals surface area contributed by atoms with Crippen LogP contribution in [0, 0.1) is 5.92 Å². The highest BCUT2D eigenvalue weighted by Crippen LogP contribution is 2.23. The Balaban J connectivity index is 4.31. The normalized spacial score (nSPS) is 13.4. The lowest BCUT2D eigenvalue weighted by Crippen LogP contribution is -2.45. The van der Waals surface area contributed by atoms with Crippen LogP contribution in [0.2, 0.25) is 6.04 Å². The number of hydrogen-bond donors (Lipinski definition) is 0. The van der Waals surface area contributed by atoms with Crippen LogP contribution in [0.15, 0.2) is 0 Å². The lowest BCUT2D eigenvalue weighted by atomic mass is 9.94. The topological polar surface area (TPSA) is 27.7 Å². The van der Waals surface area contributed by atoms with E-state index < -0.39 is 8.80 Å². The summed E-state index contributed by atoms with van der Waals surface area (Å²) in [5.41, 5.74) is 0. The summed E-state index contributed by atoms with van der Waals surface area (Å²) in [5.74, 6) is 0.590. The molecule has 0 saturated heterocycles. The molecule has 5 heteroatoms. The Hall–Kier alpha value is 0.187. The molecule has 0 aromatic heterocycles. The van der Waals surface area contributed by atoms with Crippen molar-refractivity contribution in [2.24, 2.45) is 5.92 Å². The third-order valence-corrected chi connectivity index (χ3v) is 7.08. The third-order valence-electron chi connectivity index (χ3n) is 3.59. The van der Waals surface area contributed by atoms with Crippen LogP contribution in [0.25, 0.3) is 0 Å². The minimum atomic E-state index is -2.45. The van der Waals surface area contributed by atoms with Gasteiger partial charge in [0.2, 0.25) is 0 Å². The van der Waals surface area contributed by atoms with Gasteiger partial charge >= 0.3 is 8.80 Å². The van der Waals surface area contributed by atoms with E-state index in [1.54, 1.807) is 0 Å². The standard InChI is InChI=1S/C16H34O3SSi/c1-6-12-16(15(5)20)13-10-11-14-21(17-7-2,18-8-3)19-9-4/h16H,6-14H2,1-5H3. The lowest BCUT2D eigenvalue weighted by molar-refractivity contribution is 0.0706. The second-order valence-corrected chi connectivity index (χ2v) is 8.70. The highest BCUT2D eigenvalue weighted by molar-refractivity contribution is 7.80. The zero-order chi connectivity index (χ0) is 16.1. The second-order valence-electron chi connectivity index (χ2n) is 5.32. The summed E-state index contributed by atoms with van der Waals surface area (Å²) in [7, 11) is -2.45. The number of rotatable bonds is 14. The Morgan fingerprint density at radius 3 is 1.81 bits per heavy atom. The van der Waals surface area contributed by atoms with Gasteiger partial charge in [-0.1, -0.05) is 32.0 Å². The first kappa shape index (κ1) is 21.2. The molecule has 0 aromatic rings. The van der Waals surface area contributed by atoms with E-state index in [1.807, 2.05) is 20.8 Å². The van der Waals surface area contributed by atoms with E-state index in [-0.39, 0.29) is 0 Å². The maximum Gasteiger partial charge on any atom is 0.500 e. The van der Waals surface area contributed by atoms with Gasteiger partial charge in [0.1, 0.15) is 0 Å². The summed E-state index contributed by atoms with van der Waals surface area (Å²) >= 11 is 5.36. The van der Waals surface area contributed by atoms with Crippen molar-refractivity contribution in [1.82, 2.24) is 0 Å². The van der Waals surface area contributed by atoms with Crippen molar-refractivity contribution in [2.45, 2.75) is 72.8 Å². The Labute approximate surface area is 138 Å². The molecular formula is C16H34O3SSi. The first-order chi connectivity index (χ1) is 10.0. The lowest BCUT2D eigenvalue weighted by Gasteiger charge is -2.28. The monoisotopic (exact) mass is 334 g/mol. The quantitative estimate of drug-likeness (QED) is 0.253. The predicted octanol–water partition coefficient (Wildman–Crippen LogP) is 5.01. The Morgan fingerprint density at radius 1 is 0.905 bits per heavy atom. The average Bonchev–Trinajstić information content (AvgIpc) is 2.43. The summed E-state index contributed by atoms with van der Waals surface area (Å²) < 4.78 is 17.6. The molecule has 0 amide bonds. The van der Waals surface area contributed by atoms with Crippen LogP contribution in [0.4, 0.5) is 0 Å². The maximum atomic E-state index is 5.88.